The maximum absolute atomic E-state index is 12.2. The summed E-state index contributed by atoms with van der Waals surface area (Å²) in [7, 11) is 0. The summed E-state index contributed by atoms with van der Waals surface area (Å²) in [6.45, 7) is 4.08. The van der Waals surface area contributed by atoms with Gasteiger partial charge in [0.2, 0.25) is 0 Å². The zero-order chi connectivity index (χ0) is 21.4. The Morgan fingerprint density at radius 3 is 2.44 bits per heavy atom. The minimum absolute atomic E-state index is 0. The lowest BCUT2D eigenvalue weighted by atomic mass is 9.94. The molecule has 0 aromatic heterocycles. The summed E-state index contributed by atoms with van der Waals surface area (Å²) in [5, 5.41) is 11.7. The molecular weight excluding hydrogens is 514 g/mol. The molecule has 5 nitrogen and oxygen atoms in total. The number of halogens is 4. The molecule has 0 amide bonds. The molecule has 2 aromatic carbocycles. The first-order chi connectivity index (χ1) is 14.4. The van der Waals surface area contributed by atoms with E-state index in [2.05, 4.69) is 4.99 Å². The number of carboxylic acids is 1. The van der Waals surface area contributed by atoms with Crippen molar-refractivity contribution in [3.05, 3.63) is 81.1 Å². The molecule has 4 rings (SSSR count). The van der Waals surface area contributed by atoms with E-state index in [9.17, 15) is 9.90 Å². The third kappa shape index (κ3) is 4.75. The van der Waals surface area contributed by atoms with E-state index in [4.69, 9.17) is 27.9 Å². The van der Waals surface area contributed by atoms with Gasteiger partial charge >= 0.3 is 5.97 Å². The van der Waals surface area contributed by atoms with Crippen LogP contribution in [0.4, 0.5) is 0 Å². The number of carbonyl (C=O) groups is 1. The van der Waals surface area contributed by atoms with Gasteiger partial charge in [-0.05, 0) is 43.8 Å². The number of hydrogen-bond donors (Lipinski definition) is 1. The molecule has 1 N–H and O–H groups in total. The van der Waals surface area contributed by atoms with Crippen molar-refractivity contribution in [1.29, 1.82) is 0 Å². The molecule has 2 aromatic rings. The summed E-state index contributed by atoms with van der Waals surface area (Å²) in [6.07, 6.45) is 1.86. The van der Waals surface area contributed by atoms with Gasteiger partial charge in [0.25, 0.3) is 0 Å². The van der Waals surface area contributed by atoms with Crippen molar-refractivity contribution in [2.75, 3.05) is 6.61 Å². The van der Waals surface area contributed by atoms with Gasteiger partial charge in [-0.15, -0.1) is 24.8 Å². The number of aliphatic carboxylic acids is 1. The van der Waals surface area contributed by atoms with Gasteiger partial charge in [-0.1, -0.05) is 47.5 Å². The summed E-state index contributed by atoms with van der Waals surface area (Å²) in [6, 6.07) is 12.2. The van der Waals surface area contributed by atoms with Gasteiger partial charge in [-0.2, -0.15) is 0 Å². The maximum atomic E-state index is 12.2. The number of benzene rings is 2. The number of thioether (sulfide) groups is 1. The van der Waals surface area contributed by atoms with Gasteiger partial charge in [-0.25, -0.2) is 9.79 Å². The molecule has 10 heteroatoms. The number of rotatable bonds is 5. The van der Waals surface area contributed by atoms with E-state index >= 15 is 0 Å². The van der Waals surface area contributed by atoms with Crippen LogP contribution in [0.1, 0.15) is 31.0 Å². The number of allylic oxidation sites excluding steroid dienone is 1. The lowest BCUT2D eigenvalue weighted by Gasteiger charge is -2.33. The zero-order valence-electron chi connectivity index (χ0n) is 17.0. The highest BCUT2D eigenvalue weighted by molar-refractivity contribution is 8.22. The molecule has 2 heterocycles. The van der Waals surface area contributed by atoms with Crippen LogP contribution in [0.15, 0.2) is 64.9 Å². The summed E-state index contributed by atoms with van der Waals surface area (Å²) in [4.78, 5) is 19.4. The van der Waals surface area contributed by atoms with Crippen LogP contribution in [0.5, 0.6) is 5.75 Å². The molecular formula is C22H20Cl4N2O3S. The largest absolute Gasteiger partial charge is 0.494 e. The van der Waals surface area contributed by atoms with Crippen LogP contribution in [-0.2, 0) is 4.79 Å². The molecule has 0 unspecified atom stereocenters. The molecule has 0 saturated carbocycles. The van der Waals surface area contributed by atoms with E-state index in [-0.39, 0.29) is 30.4 Å². The second-order valence-corrected chi connectivity index (χ2v) is 8.49. The van der Waals surface area contributed by atoms with Gasteiger partial charge in [0.15, 0.2) is 5.17 Å². The van der Waals surface area contributed by atoms with Crippen LogP contribution >= 0.6 is 59.8 Å². The second-order valence-electron chi connectivity index (χ2n) is 6.67. The molecule has 0 aliphatic carbocycles. The molecule has 0 bridgehead atoms. The molecule has 170 valence electrons. The van der Waals surface area contributed by atoms with Crippen molar-refractivity contribution in [2.24, 2.45) is 4.99 Å². The smallest absolute Gasteiger partial charge is 0.335 e. The number of ether oxygens (including phenoxy) is 1. The first-order valence-electron chi connectivity index (χ1n) is 9.29. The SMILES string of the molecule is CCOc1ccccc1[C@H]1C(C(=O)O)=C(C)N=C2SC(c3c(Cl)cccc3Cl)=CN21.Cl.Cl. The van der Waals surface area contributed by atoms with Crippen molar-refractivity contribution < 1.29 is 14.6 Å². The van der Waals surface area contributed by atoms with Crippen LogP contribution < -0.4 is 4.74 Å². The fourth-order valence-electron chi connectivity index (χ4n) is 3.58. The van der Waals surface area contributed by atoms with Crippen molar-refractivity contribution in [3.8, 4) is 5.75 Å². The zero-order valence-corrected chi connectivity index (χ0v) is 21.0. The molecule has 0 spiro atoms. The van der Waals surface area contributed by atoms with Gasteiger partial charge in [0, 0.05) is 22.2 Å². The number of aliphatic imine (C=N–C) groups is 1. The molecule has 2 aliphatic rings. The number of para-hydroxylation sites is 1. The fourth-order valence-corrected chi connectivity index (χ4v) is 5.43. The molecule has 2 aliphatic heterocycles. The van der Waals surface area contributed by atoms with E-state index in [1.165, 1.54) is 11.8 Å². The third-order valence-electron chi connectivity index (χ3n) is 4.84. The standard InChI is InChI=1S/C22H18Cl2N2O3S.2ClH/c1-3-29-16-10-5-4-7-13(16)20-18(21(27)28)12(2)25-22-26(20)11-17(30-22)19-14(23)8-6-9-15(19)24;;/h4-11,20H,3H2,1-2H3,(H,27,28);2*1H/t20-;;/m0../s1. The predicted octanol–water partition coefficient (Wildman–Crippen LogP) is 7.05. The van der Waals surface area contributed by atoms with E-state index < -0.39 is 12.0 Å². The third-order valence-corrected chi connectivity index (χ3v) is 6.48. The Kier molecular flexibility index (Phi) is 8.97. The van der Waals surface area contributed by atoms with Crippen molar-refractivity contribution in [1.82, 2.24) is 4.90 Å². The summed E-state index contributed by atoms with van der Waals surface area (Å²) in [5.74, 6) is -0.380. The van der Waals surface area contributed by atoms with Crippen molar-refractivity contribution >= 4 is 75.8 Å². The van der Waals surface area contributed by atoms with E-state index in [1.807, 2.05) is 42.3 Å². The lowest BCUT2D eigenvalue weighted by Crippen LogP contribution is -2.33. The van der Waals surface area contributed by atoms with E-state index in [0.29, 0.717) is 38.8 Å². The number of nitrogens with zero attached hydrogens (tertiary/aromatic N) is 2. The molecule has 0 saturated heterocycles. The predicted molar refractivity (Wildman–Crippen MR) is 136 cm³/mol. The fraction of sp³-hybridized carbons (Fsp3) is 0.182. The molecule has 1 atom stereocenters. The Labute approximate surface area is 213 Å². The van der Waals surface area contributed by atoms with Crippen LogP contribution in [0.3, 0.4) is 0 Å². The Bertz CT molecular complexity index is 1110. The number of hydrogen-bond acceptors (Lipinski definition) is 5. The van der Waals surface area contributed by atoms with Crippen LogP contribution in [-0.4, -0.2) is 27.8 Å². The lowest BCUT2D eigenvalue weighted by molar-refractivity contribution is -0.133. The van der Waals surface area contributed by atoms with Crippen LogP contribution in [0.25, 0.3) is 4.91 Å². The average Bonchev–Trinajstić information content (AvgIpc) is 3.10. The Hall–Kier alpha value is -1.83. The van der Waals surface area contributed by atoms with Gasteiger partial charge in [0.05, 0.1) is 34.0 Å². The van der Waals surface area contributed by atoms with Crippen molar-refractivity contribution in [2.45, 2.75) is 19.9 Å². The summed E-state index contributed by atoms with van der Waals surface area (Å²) in [5.41, 5.74) is 2.12. The Morgan fingerprint density at radius 2 is 1.81 bits per heavy atom. The van der Waals surface area contributed by atoms with Crippen molar-refractivity contribution in [3.63, 3.8) is 0 Å². The normalized spacial score (nSPS) is 17.0. The summed E-state index contributed by atoms with van der Waals surface area (Å²) >= 11 is 14.2. The minimum Gasteiger partial charge on any atom is -0.494 e. The van der Waals surface area contributed by atoms with Gasteiger partial charge < -0.3 is 14.7 Å². The number of fused-ring (bicyclic) bond motifs is 1. The number of amidine groups is 1. The first kappa shape index (κ1) is 26.4. The quantitative estimate of drug-likeness (QED) is 0.446. The van der Waals surface area contributed by atoms with Crippen LogP contribution in [0.2, 0.25) is 10.0 Å². The molecule has 32 heavy (non-hydrogen) atoms. The van der Waals surface area contributed by atoms with E-state index in [0.717, 1.165) is 10.5 Å². The highest BCUT2D eigenvalue weighted by Gasteiger charge is 2.40. The van der Waals surface area contributed by atoms with Gasteiger partial charge in [0.1, 0.15) is 5.75 Å². The van der Waals surface area contributed by atoms with Gasteiger partial charge in [-0.3, -0.25) is 0 Å². The highest BCUT2D eigenvalue weighted by Crippen LogP contribution is 2.49. The maximum Gasteiger partial charge on any atom is 0.335 e. The number of carboxylic acid groups (broad SMARTS) is 1. The monoisotopic (exact) mass is 532 g/mol. The topological polar surface area (TPSA) is 62.1 Å². The minimum atomic E-state index is -1.02. The highest BCUT2D eigenvalue weighted by atomic mass is 35.5. The Morgan fingerprint density at radius 1 is 1.16 bits per heavy atom. The Balaban J connectivity index is 0.00000181. The summed E-state index contributed by atoms with van der Waals surface area (Å²) < 4.78 is 5.80. The second kappa shape index (κ2) is 10.9. The first-order valence-corrected chi connectivity index (χ1v) is 10.9. The van der Waals surface area contributed by atoms with Crippen LogP contribution in [0, 0.1) is 0 Å². The van der Waals surface area contributed by atoms with E-state index in [1.54, 1.807) is 25.1 Å². The average molecular weight is 534 g/mol. The molecule has 0 fully saturated rings. The molecule has 0 radical (unpaired) electrons.